The number of fused-ring (bicyclic) bond motifs is 1. The Morgan fingerprint density at radius 1 is 1.21 bits per heavy atom. The Balaban J connectivity index is 1.69. The van der Waals surface area contributed by atoms with Gasteiger partial charge in [-0.25, -0.2) is 4.31 Å². The zero-order chi connectivity index (χ0) is 17.2. The van der Waals surface area contributed by atoms with Gasteiger partial charge in [-0.05, 0) is 55.4 Å². The molecule has 3 rings (SSSR count). The van der Waals surface area contributed by atoms with Crippen LogP contribution in [0.15, 0.2) is 40.4 Å². The number of hydrogen-bond acceptors (Lipinski definition) is 3. The lowest BCUT2D eigenvalue weighted by Crippen LogP contribution is -2.37. The molecule has 1 aromatic rings. The highest BCUT2D eigenvalue weighted by Crippen LogP contribution is 2.27. The summed E-state index contributed by atoms with van der Waals surface area (Å²) < 4.78 is 29.3. The average Bonchev–Trinajstić information content (AvgIpc) is 2.56. The Morgan fingerprint density at radius 2 is 1.92 bits per heavy atom. The SMILES string of the molecule is CCc1ccc(NC(=O)CN2C=C3CCCCC3=NS2(=O)=O)cc1. The predicted octanol–water partition coefficient (Wildman–Crippen LogP) is 2.65. The Bertz CT molecular complexity index is 795. The fourth-order valence-electron chi connectivity index (χ4n) is 2.88. The van der Waals surface area contributed by atoms with Crippen LogP contribution in [-0.4, -0.2) is 30.9 Å². The molecule has 2 aliphatic rings. The largest absolute Gasteiger partial charge is 0.344 e. The van der Waals surface area contributed by atoms with E-state index in [0.717, 1.165) is 35.6 Å². The van der Waals surface area contributed by atoms with Gasteiger partial charge in [0.05, 0.1) is 5.71 Å². The number of hydrogen-bond donors (Lipinski definition) is 1. The minimum atomic E-state index is -3.81. The highest BCUT2D eigenvalue weighted by Gasteiger charge is 2.29. The summed E-state index contributed by atoms with van der Waals surface area (Å²) in [7, 11) is -3.81. The van der Waals surface area contributed by atoms with Gasteiger partial charge >= 0.3 is 10.2 Å². The lowest BCUT2D eigenvalue weighted by atomic mass is 9.94. The van der Waals surface area contributed by atoms with Gasteiger partial charge in [-0.2, -0.15) is 8.42 Å². The maximum atomic E-state index is 12.2. The molecule has 1 N–H and O–H groups in total. The first-order chi connectivity index (χ1) is 11.5. The van der Waals surface area contributed by atoms with E-state index in [0.29, 0.717) is 17.8 Å². The van der Waals surface area contributed by atoms with Crippen LogP contribution in [-0.2, 0) is 21.4 Å². The van der Waals surface area contributed by atoms with Crippen LogP contribution >= 0.6 is 0 Å². The van der Waals surface area contributed by atoms with E-state index in [-0.39, 0.29) is 12.5 Å². The molecule has 1 amide bonds. The summed E-state index contributed by atoms with van der Waals surface area (Å²) in [6.45, 7) is 1.79. The summed E-state index contributed by atoms with van der Waals surface area (Å²) in [6.07, 6.45) is 5.97. The number of anilines is 1. The van der Waals surface area contributed by atoms with Gasteiger partial charge in [-0.3, -0.25) is 4.79 Å². The van der Waals surface area contributed by atoms with Crippen LogP contribution in [0.1, 0.15) is 38.2 Å². The van der Waals surface area contributed by atoms with E-state index >= 15 is 0 Å². The number of allylic oxidation sites excluding steroid dienone is 1. The molecule has 24 heavy (non-hydrogen) atoms. The molecule has 0 saturated heterocycles. The number of benzene rings is 1. The molecule has 0 unspecified atom stereocenters. The number of amides is 1. The number of carbonyl (C=O) groups is 1. The van der Waals surface area contributed by atoms with Crippen LogP contribution in [0.5, 0.6) is 0 Å². The van der Waals surface area contributed by atoms with E-state index in [9.17, 15) is 13.2 Å². The number of rotatable bonds is 4. The molecule has 0 bridgehead atoms. The highest BCUT2D eigenvalue weighted by atomic mass is 32.2. The third-order valence-electron chi connectivity index (χ3n) is 4.25. The summed E-state index contributed by atoms with van der Waals surface area (Å²) in [5.41, 5.74) is 3.40. The van der Waals surface area contributed by atoms with Gasteiger partial charge < -0.3 is 5.32 Å². The molecule has 0 spiro atoms. The Hall–Kier alpha value is -2.15. The Morgan fingerprint density at radius 3 is 2.62 bits per heavy atom. The lowest BCUT2D eigenvalue weighted by molar-refractivity contribution is -0.116. The van der Waals surface area contributed by atoms with Crippen LogP contribution in [0.4, 0.5) is 5.69 Å². The molecule has 0 aromatic heterocycles. The number of nitrogens with one attached hydrogen (secondary N) is 1. The summed E-state index contributed by atoms with van der Waals surface area (Å²) in [5.74, 6) is -0.380. The van der Waals surface area contributed by atoms with E-state index in [4.69, 9.17) is 0 Å². The van der Waals surface area contributed by atoms with Crippen LogP contribution in [0, 0.1) is 0 Å². The fourth-order valence-corrected chi connectivity index (χ4v) is 4.01. The molecule has 1 aliphatic carbocycles. The van der Waals surface area contributed by atoms with Crippen molar-refractivity contribution in [1.29, 1.82) is 0 Å². The van der Waals surface area contributed by atoms with Crippen LogP contribution in [0.3, 0.4) is 0 Å². The summed E-state index contributed by atoms with van der Waals surface area (Å²) in [5, 5.41) is 2.73. The van der Waals surface area contributed by atoms with Crippen LogP contribution in [0.2, 0.25) is 0 Å². The molecule has 1 heterocycles. The number of nitrogens with zero attached hydrogens (tertiary/aromatic N) is 2. The van der Waals surface area contributed by atoms with Crippen LogP contribution < -0.4 is 5.32 Å². The number of carbonyl (C=O) groups excluding carboxylic acids is 1. The summed E-state index contributed by atoms with van der Waals surface area (Å²) >= 11 is 0. The van der Waals surface area contributed by atoms with Gasteiger partial charge in [0.15, 0.2) is 0 Å². The van der Waals surface area contributed by atoms with Crippen molar-refractivity contribution in [3.8, 4) is 0 Å². The quantitative estimate of drug-likeness (QED) is 0.909. The minimum Gasteiger partial charge on any atom is -0.325 e. The second-order valence-corrected chi connectivity index (χ2v) is 7.57. The van der Waals surface area contributed by atoms with Gasteiger partial charge in [0, 0.05) is 11.9 Å². The topological polar surface area (TPSA) is 78.8 Å². The smallest absolute Gasteiger partial charge is 0.325 e. The first-order valence-electron chi connectivity index (χ1n) is 8.18. The van der Waals surface area contributed by atoms with Gasteiger partial charge in [-0.1, -0.05) is 19.1 Å². The molecule has 0 atom stereocenters. The maximum absolute atomic E-state index is 12.2. The summed E-state index contributed by atoms with van der Waals surface area (Å²) in [4.78, 5) is 12.2. The number of aryl methyl sites for hydroxylation is 1. The molecule has 1 fully saturated rings. The molecule has 1 saturated carbocycles. The van der Waals surface area contributed by atoms with E-state index in [2.05, 4.69) is 16.6 Å². The second-order valence-electron chi connectivity index (χ2n) is 6.02. The van der Waals surface area contributed by atoms with Crippen molar-refractivity contribution in [1.82, 2.24) is 4.31 Å². The molecule has 1 aromatic carbocycles. The molecular formula is C17H21N3O3S. The summed E-state index contributed by atoms with van der Waals surface area (Å²) in [6, 6.07) is 7.51. The molecule has 7 heteroatoms. The van der Waals surface area contributed by atoms with Crippen molar-refractivity contribution >= 4 is 27.5 Å². The Labute approximate surface area is 142 Å². The fraction of sp³-hybridized carbons (Fsp3) is 0.412. The van der Waals surface area contributed by atoms with E-state index in [1.807, 2.05) is 24.3 Å². The normalized spacial score (nSPS) is 19.1. The second kappa shape index (κ2) is 6.76. The monoisotopic (exact) mass is 347 g/mol. The standard InChI is InChI=1S/C17H21N3O3S/c1-2-13-7-9-15(10-8-13)18-17(21)12-20-11-14-5-3-4-6-16(14)19-24(20,22)23/h7-11H,2-6,12H2,1H3,(H,18,21). The van der Waals surface area contributed by atoms with E-state index in [1.165, 1.54) is 5.56 Å². The molecular weight excluding hydrogens is 326 g/mol. The zero-order valence-electron chi connectivity index (χ0n) is 13.7. The van der Waals surface area contributed by atoms with Gasteiger partial charge in [0.1, 0.15) is 6.54 Å². The van der Waals surface area contributed by atoms with E-state index < -0.39 is 10.2 Å². The average molecular weight is 347 g/mol. The van der Waals surface area contributed by atoms with Crippen LogP contribution in [0.25, 0.3) is 0 Å². The zero-order valence-corrected chi connectivity index (χ0v) is 14.5. The van der Waals surface area contributed by atoms with Gasteiger partial charge in [0.25, 0.3) is 0 Å². The molecule has 6 nitrogen and oxygen atoms in total. The van der Waals surface area contributed by atoms with E-state index in [1.54, 1.807) is 6.20 Å². The van der Waals surface area contributed by atoms with Crippen molar-refractivity contribution in [3.05, 3.63) is 41.6 Å². The third-order valence-corrected chi connectivity index (χ3v) is 5.53. The van der Waals surface area contributed by atoms with Crippen molar-refractivity contribution < 1.29 is 13.2 Å². The van der Waals surface area contributed by atoms with Crippen molar-refractivity contribution in [2.24, 2.45) is 4.40 Å². The molecule has 1 aliphatic heterocycles. The van der Waals surface area contributed by atoms with Crippen molar-refractivity contribution in [3.63, 3.8) is 0 Å². The first kappa shape index (κ1) is 16.7. The van der Waals surface area contributed by atoms with Gasteiger partial charge in [0.2, 0.25) is 5.91 Å². The maximum Gasteiger partial charge on any atom is 0.344 e. The lowest BCUT2D eigenvalue weighted by Gasteiger charge is -2.27. The van der Waals surface area contributed by atoms with Crippen molar-refractivity contribution in [2.45, 2.75) is 39.0 Å². The minimum absolute atomic E-state index is 0.266. The molecule has 0 radical (unpaired) electrons. The highest BCUT2D eigenvalue weighted by molar-refractivity contribution is 7.88. The Kier molecular flexibility index (Phi) is 4.71. The third kappa shape index (κ3) is 3.67. The van der Waals surface area contributed by atoms with Gasteiger partial charge in [-0.15, -0.1) is 4.40 Å². The van der Waals surface area contributed by atoms with Crippen molar-refractivity contribution in [2.75, 3.05) is 11.9 Å². The predicted molar refractivity (Wildman–Crippen MR) is 94.1 cm³/mol. The first-order valence-corrected chi connectivity index (χ1v) is 9.58. The molecule has 128 valence electrons.